The molecule has 0 unspecified atom stereocenters. The van der Waals surface area contributed by atoms with Crippen molar-refractivity contribution in [2.24, 2.45) is 5.73 Å². The average Bonchev–Trinajstić information content (AvgIpc) is 2.18. The molecular formula is C10H19N3O2. The van der Waals surface area contributed by atoms with Crippen LogP contribution in [0.15, 0.2) is 0 Å². The minimum Gasteiger partial charge on any atom is -0.370 e. The third-order valence-corrected chi connectivity index (χ3v) is 2.60. The van der Waals surface area contributed by atoms with Crippen LogP contribution in [0.2, 0.25) is 0 Å². The highest BCUT2D eigenvalue weighted by Gasteiger charge is 2.14. The van der Waals surface area contributed by atoms with Crippen LogP contribution in [-0.2, 0) is 4.79 Å². The van der Waals surface area contributed by atoms with Crippen molar-refractivity contribution in [1.29, 1.82) is 0 Å². The number of hydrogen-bond donors (Lipinski definition) is 3. The van der Waals surface area contributed by atoms with E-state index in [4.69, 9.17) is 5.73 Å². The van der Waals surface area contributed by atoms with Crippen molar-refractivity contribution >= 4 is 11.9 Å². The predicted molar refractivity (Wildman–Crippen MR) is 57.2 cm³/mol. The Morgan fingerprint density at radius 1 is 1.20 bits per heavy atom. The van der Waals surface area contributed by atoms with Crippen LogP contribution in [0.5, 0.6) is 0 Å². The van der Waals surface area contributed by atoms with E-state index in [0.717, 1.165) is 12.8 Å². The van der Waals surface area contributed by atoms with Gasteiger partial charge in [0.1, 0.15) is 0 Å². The largest absolute Gasteiger partial charge is 0.370 e. The molecule has 0 spiro atoms. The lowest BCUT2D eigenvalue weighted by molar-refractivity contribution is -0.117. The first-order valence-electron chi connectivity index (χ1n) is 5.51. The third kappa shape index (κ3) is 5.24. The molecule has 0 aliphatic heterocycles. The Kier molecular flexibility index (Phi) is 4.93. The van der Waals surface area contributed by atoms with Gasteiger partial charge in [-0.1, -0.05) is 19.3 Å². The summed E-state index contributed by atoms with van der Waals surface area (Å²) in [6, 6.07) is 0.107. The summed E-state index contributed by atoms with van der Waals surface area (Å²) >= 11 is 0. The van der Waals surface area contributed by atoms with E-state index < -0.39 is 5.91 Å². The van der Waals surface area contributed by atoms with Gasteiger partial charge in [0, 0.05) is 19.0 Å². The summed E-state index contributed by atoms with van der Waals surface area (Å²) in [6.07, 6.45) is 5.95. The SMILES string of the molecule is NC(=O)CCNC(=O)NC1CCCCC1. The first-order valence-corrected chi connectivity index (χ1v) is 5.51. The summed E-state index contributed by atoms with van der Waals surface area (Å²) in [5.41, 5.74) is 4.95. The Morgan fingerprint density at radius 2 is 1.87 bits per heavy atom. The molecule has 0 saturated heterocycles. The Bertz CT molecular complexity index is 225. The number of carbonyl (C=O) groups is 2. The number of rotatable bonds is 4. The monoisotopic (exact) mass is 213 g/mol. The van der Waals surface area contributed by atoms with Gasteiger partial charge in [0.2, 0.25) is 5.91 Å². The molecule has 1 aliphatic carbocycles. The van der Waals surface area contributed by atoms with Gasteiger partial charge < -0.3 is 16.4 Å². The Labute approximate surface area is 89.8 Å². The minimum absolute atomic E-state index is 0.192. The van der Waals surface area contributed by atoms with E-state index in [9.17, 15) is 9.59 Å². The molecule has 0 radical (unpaired) electrons. The standard InChI is InChI=1S/C10H19N3O2/c11-9(14)6-7-12-10(15)13-8-4-2-1-3-5-8/h8H,1-7H2,(H2,11,14)(H2,12,13,15). The van der Waals surface area contributed by atoms with E-state index in [1.165, 1.54) is 19.3 Å². The summed E-state index contributed by atoms with van der Waals surface area (Å²) in [4.78, 5) is 21.7. The summed E-state index contributed by atoms with van der Waals surface area (Å²) in [5, 5.41) is 5.50. The molecule has 5 nitrogen and oxygen atoms in total. The molecule has 0 aromatic carbocycles. The molecule has 86 valence electrons. The zero-order valence-electron chi connectivity index (χ0n) is 8.92. The minimum atomic E-state index is -0.395. The van der Waals surface area contributed by atoms with Crippen molar-refractivity contribution in [1.82, 2.24) is 10.6 Å². The lowest BCUT2D eigenvalue weighted by Gasteiger charge is -2.22. The third-order valence-electron chi connectivity index (χ3n) is 2.60. The summed E-state index contributed by atoms with van der Waals surface area (Å²) in [6.45, 7) is 0.313. The molecule has 0 bridgehead atoms. The second kappa shape index (κ2) is 6.27. The first-order chi connectivity index (χ1) is 7.18. The van der Waals surface area contributed by atoms with Crippen molar-refractivity contribution in [3.8, 4) is 0 Å². The average molecular weight is 213 g/mol. The Hall–Kier alpha value is -1.26. The summed E-state index contributed by atoms with van der Waals surface area (Å²) in [7, 11) is 0. The molecule has 0 aromatic rings. The van der Waals surface area contributed by atoms with E-state index in [2.05, 4.69) is 10.6 Å². The molecular weight excluding hydrogens is 194 g/mol. The van der Waals surface area contributed by atoms with Crippen LogP contribution in [0.25, 0.3) is 0 Å². The highest BCUT2D eigenvalue weighted by Crippen LogP contribution is 2.16. The van der Waals surface area contributed by atoms with Crippen LogP contribution >= 0.6 is 0 Å². The van der Waals surface area contributed by atoms with Gasteiger partial charge in [-0.15, -0.1) is 0 Å². The highest BCUT2D eigenvalue weighted by atomic mass is 16.2. The van der Waals surface area contributed by atoms with Gasteiger partial charge >= 0.3 is 6.03 Å². The second-order valence-electron chi connectivity index (χ2n) is 3.95. The molecule has 5 heteroatoms. The summed E-state index contributed by atoms with van der Waals surface area (Å²) in [5.74, 6) is -0.395. The zero-order valence-corrected chi connectivity index (χ0v) is 8.92. The van der Waals surface area contributed by atoms with Gasteiger partial charge in [-0.2, -0.15) is 0 Å². The normalized spacial score (nSPS) is 17.1. The Morgan fingerprint density at radius 3 is 2.47 bits per heavy atom. The van der Waals surface area contributed by atoms with Gasteiger partial charge in [-0.05, 0) is 12.8 Å². The van der Waals surface area contributed by atoms with Gasteiger partial charge in [0.05, 0.1) is 0 Å². The number of hydrogen-bond acceptors (Lipinski definition) is 2. The quantitative estimate of drug-likeness (QED) is 0.635. The van der Waals surface area contributed by atoms with Crippen LogP contribution in [0, 0.1) is 0 Å². The zero-order chi connectivity index (χ0) is 11.1. The molecule has 3 amide bonds. The van der Waals surface area contributed by atoms with E-state index in [0.29, 0.717) is 12.6 Å². The summed E-state index contributed by atoms with van der Waals surface area (Å²) < 4.78 is 0. The number of nitrogens with one attached hydrogen (secondary N) is 2. The van der Waals surface area contributed by atoms with Gasteiger partial charge in [-0.3, -0.25) is 4.79 Å². The molecule has 0 heterocycles. The van der Waals surface area contributed by atoms with Crippen LogP contribution in [0.1, 0.15) is 38.5 Å². The van der Waals surface area contributed by atoms with Crippen molar-refractivity contribution in [3.63, 3.8) is 0 Å². The van der Waals surface area contributed by atoms with Crippen LogP contribution in [0.4, 0.5) is 4.79 Å². The lowest BCUT2D eigenvalue weighted by atomic mass is 9.96. The lowest BCUT2D eigenvalue weighted by Crippen LogP contribution is -2.43. The van der Waals surface area contributed by atoms with E-state index >= 15 is 0 Å². The Balaban J connectivity index is 2.09. The first kappa shape index (κ1) is 11.8. The molecule has 1 aliphatic rings. The smallest absolute Gasteiger partial charge is 0.315 e. The number of nitrogens with two attached hydrogens (primary N) is 1. The van der Waals surface area contributed by atoms with E-state index in [1.54, 1.807) is 0 Å². The van der Waals surface area contributed by atoms with Crippen LogP contribution in [0.3, 0.4) is 0 Å². The van der Waals surface area contributed by atoms with E-state index in [1.807, 2.05) is 0 Å². The van der Waals surface area contributed by atoms with Gasteiger partial charge in [-0.25, -0.2) is 4.79 Å². The number of urea groups is 1. The molecule has 1 saturated carbocycles. The van der Waals surface area contributed by atoms with Crippen molar-refractivity contribution < 1.29 is 9.59 Å². The maximum atomic E-state index is 11.3. The van der Waals surface area contributed by atoms with Crippen molar-refractivity contribution in [2.75, 3.05) is 6.54 Å². The fourth-order valence-electron chi connectivity index (χ4n) is 1.78. The fraction of sp³-hybridized carbons (Fsp3) is 0.800. The number of amides is 3. The van der Waals surface area contributed by atoms with Gasteiger partial charge in [0.15, 0.2) is 0 Å². The van der Waals surface area contributed by atoms with Crippen LogP contribution < -0.4 is 16.4 Å². The predicted octanol–water partition coefficient (Wildman–Crippen LogP) is 0.494. The second-order valence-corrected chi connectivity index (χ2v) is 3.95. The van der Waals surface area contributed by atoms with Crippen molar-refractivity contribution in [2.45, 2.75) is 44.6 Å². The molecule has 1 rings (SSSR count). The topological polar surface area (TPSA) is 84.2 Å². The number of primary amides is 1. The van der Waals surface area contributed by atoms with Gasteiger partial charge in [0.25, 0.3) is 0 Å². The molecule has 0 atom stereocenters. The fourth-order valence-corrected chi connectivity index (χ4v) is 1.78. The van der Waals surface area contributed by atoms with Crippen molar-refractivity contribution in [3.05, 3.63) is 0 Å². The highest BCUT2D eigenvalue weighted by molar-refractivity contribution is 5.77. The maximum Gasteiger partial charge on any atom is 0.315 e. The van der Waals surface area contributed by atoms with Crippen LogP contribution in [-0.4, -0.2) is 24.5 Å². The molecule has 0 aromatic heterocycles. The molecule has 4 N–H and O–H groups in total. The number of carbonyl (C=O) groups excluding carboxylic acids is 2. The van der Waals surface area contributed by atoms with E-state index in [-0.39, 0.29) is 12.5 Å². The molecule has 1 fully saturated rings. The molecule has 15 heavy (non-hydrogen) atoms. The maximum absolute atomic E-state index is 11.3.